The zero-order chi connectivity index (χ0) is 36.3. The molecule has 0 spiro atoms. The van der Waals surface area contributed by atoms with Crippen LogP contribution in [0.15, 0.2) is 205 Å². The first-order valence-electron chi connectivity index (χ1n) is 18.7. The molecule has 55 heavy (non-hydrogen) atoms. The first kappa shape index (κ1) is 31.6. The number of thiophene rings is 1. The van der Waals surface area contributed by atoms with E-state index in [0.29, 0.717) is 0 Å². The zero-order valence-electron chi connectivity index (χ0n) is 29.8. The smallest absolute Gasteiger partial charge is 0.137 e. The topological polar surface area (TPSA) is 16.4 Å². The Hall–Kier alpha value is -6.94. The van der Waals surface area contributed by atoms with Crippen LogP contribution >= 0.6 is 11.3 Å². The molecule has 11 rings (SSSR count). The average molecular weight is 720 g/mol. The monoisotopic (exact) mass is 719 g/mol. The number of fused-ring (bicyclic) bond motifs is 7. The van der Waals surface area contributed by atoms with Crippen LogP contribution in [0.2, 0.25) is 0 Å². The highest BCUT2D eigenvalue weighted by Crippen LogP contribution is 2.46. The fraction of sp³-hybridized carbons (Fsp3) is 0. The number of benzene rings is 9. The van der Waals surface area contributed by atoms with E-state index in [2.05, 4.69) is 193 Å². The molecule has 2 aromatic heterocycles. The lowest BCUT2D eigenvalue weighted by molar-refractivity contribution is 0.669. The second kappa shape index (κ2) is 12.9. The summed E-state index contributed by atoms with van der Waals surface area (Å²) in [7, 11) is 0. The molecule has 9 aromatic carbocycles. The van der Waals surface area contributed by atoms with Gasteiger partial charge in [-0.05, 0) is 105 Å². The Labute approximate surface area is 322 Å². The van der Waals surface area contributed by atoms with Crippen molar-refractivity contribution in [2.75, 3.05) is 4.90 Å². The molecule has 3 heteroatoms. The number of anilines is 3. The summed E-state index contributed by atoms with van der Waals surface area (Å²) in [5.41, 5.74) is 12.3. The number of furan rings is 1. The predicted octanol–water partition coefficient (Wildman–Crippen LogP) is 15.6. The number of nitrogens with zero attached hydrogens (tertiary/aromatic N) is 1. The maximum absolute atomic E-state index is 6.40. The van der Waals surface area contributed by atoms with Gasteiger partial charge in [0.05, 0.1) is 10.4 Å². The van der Waals surface area contributed by atoms with E-state index in [0.717, 1.165) is 39.0 Å². The van der Waals surface area contributed by atoms with E-state index >= 15 is 0 Å². The van der Waals surface area contributed by atoms with Crippen LogP contribution in [-0.4, -0.2) is 0 Å². The van der Waals surface area contributed by atoms with Crippen molar-refractivity contribution in [3.05, 3.63) is 200 Å². The van der Waals surface area contributed by atoms with Crippen molar-refractivity contribution in [2.45, 2.75) is 0 Å². The third kappa shape index (κ3) is 5.48. The quantitative estimate of drug-likeness (QED) is 0.170. The summed E-state index contributed by atoms with van der Waals surface area (Å²) in [5, 5.41) is 7.33. The van der Waals surface area contributed by atoms with Gasteiger partial charge in [0.25, 0.3) is 0 Å². The Morgan fingerprint density at radius 2 is 0.927 bits per heavy atom. The SMILES string of the molecule is c1cc(-c2ccc(N(c3ccc4c(c3)oc3ccccc34)c3cccc4c3sc3ccccc34)cc2)cc(-c2cccc(-c3ccc4ccccc4c3)c2)c1. The molecule has 258 valence electrons. The van der Waals surface area contributed by atoms with Gasteiger partial charge in [0, 0.05) is 43.7 Å². The minimum absolute atomic E-state index is 0.880. The van der Waals surface area contributed by atoms with Crippen molar-refractivity contribution >= 4 is 81.3 Å². The highest BCUT2D eigenvalue weighted by Gasteiger charge is 2.20. The Kier molecular flexibility index (Phi) is 7.39. The van der Waals surface area contributed by atoms with Crippen molar-refractivity contribution < 1.29 is 4.42 Å². The second-order valence-corrected chi connectivity index (χ2v) is 15.2. The van der Waals surface area contributed by atoms with Crippen molar-refractivity contribution in [3.8, 4) is 33.4 Å². The highest BCUT2D eigenvalue weighted by molar-refractivity contribution is 7.26. The van der Waals surface area contributed by atoms with Gasteiger partial charge in [-0.1, -0.05) is 133 Å². The van der Waals surface area contributed by atoms with Crippen LogP contribution in [-0.2, 0) is 0 Å². The van der Waals surface area contributed by atoms with Gasteiger partial charge in [0.2, 0.25) is 0 Å². The average Bonchev–Trinajstić information content (AvgIpc) is 3.83. The van der Waals surface area contributed by atoms with E-state index in [1.807, 2.05) is 23.5 Å². The summed E-state index contributed by atoms with van der Waals surface area (Å²) in [5.74, 6) is 0. The van der Waals surface area contributed by atoms with Gasteiger partial charge >= 0.3 is 0 Å². The van der Waals surface area contributed by atoms with Crippen LogP contribution in [0.3, 0.4) is 0 Å². The fourth-order valence-electron chi connectivity index (χ4n) is 8.12. The Balaban J connectivity index is 0.988. The maximum Gasteiger partial charge on any atom is 0.137 e. The van der Waals surface area contributed by atoms with Crippen LogP contribution in [0.4, 0.5) is 17.1 Å². The van der Waals surface area contributed by atoms with E-state index in [9.17, 15) is 0 Å². The molecular formula is C52H33NOS. The van der Waals surface area contributed by atoms with Gasteiger partial charge < -0.3 is 9.32 Å². The minimum Gasteiger partial charge on any atom is -0.456 e. The van der Waals surface area contributed by atoms with Gasteiger partial charge in [0.1, 0.15) is 11.2 Å². The van der Waals surface area contributed by atoms with Gasteiger partial charge in [-0.15, -0.1) is 11.3 Å². The molecule has 0 atom stereocenters. The van der Waals surface area contributed by atoms with E-state index in [1.165, 1.54) is 64.3 Å². The van der Waals surface area contributed by atoms with Crippen LogP contribution in [0.5, 0.6) is 0 Å². The molecule has 0 N–H and O–H groups in total. The lowest BCUT2D eigenvalue weighted by Gasteiger charge is -2.26. The first-order valence-corrected chi connectivity index (χ1v) is 19.5. The summed E-state index contributed by atoms with van der Waals surface area (Å²) in [6, 6.07) is 72.2. The normalized spacial score (nSPS) is 11.6. The van der Waals surface area contributed by atoms with Crippen molar-refractivity contribution in [1.29, 1.82) is 0 Å². The van der Waals surface area contributed by atoms with Gasteiger partial charge in [0.15, 0.2) is 0 Å². The third-order valence-electron chi connectivity index (χ3n) is 10.8. The van der Waals surface area contributed by atoms with Crippen LogP contribution in [0.1, 0.15) is 0 Å². The standard InChI is InChI=1S/C52H33NOS/c1-2-11-36-31-41(23-22-34(36)10-1)40-15-8-14-39(32-40)38-13-7-12-37(30-38)35-24-26-42(27-25-35)53(43-28-29-45-44-16-3-5-20-49(44)54-50(45)33-43)48-19-9-18-47-46-17-4-6-21-51(46)55-52(47)48/h1-33H. The minimum atomic E-state index is 0.880. The summed E-state index contributed by atoms with van der Waals surface area (Å²) in [4.78, 5) is 2.38. The number of para-hydroxylation sites is 1. The highest BCUT2D eigenvalue weighted by atomic mass is 32.1. The van der Waals surface area contributed by atoms with E-state index in [-0.39, 0.29) is 0 Å². The predicted molar refractivity (Wildman–Crippen MR) is 235 cm³/mol. The molecule has 2 nitrogen and oxygen atoms in total. The lowest BCUT2D eigenvalue weighted by Crippen LogP contribution is -2.10. The van der Waals surface area contributed by atoms with Crippen LogP contribution < -0.4 is 4.90 Å². The molecule has 0 radical (unpaired) electrons. The molecule has 0 aliphatic carbocycles. The molecular weight excluding hydrogens is 687 g/mol. The molecule has 0 amide bonds. The van der Waals surface area contributed by atoms with Crippen molar-refractivity contribution in [3.63, 3.8) is 0 Å². The molecule has 11 aromatic rings. The van der Waals surface area contributed by atoms with Crippen molar-refractivity contribution in [1.82, 2.24) is 0 Å². The molecule has 0 unspecified atom stereocenters. The van der Waals surface area contributed by atoms with E-state index in [1.54, 1.807) is 0 Å². The Morgan fingerprint density at radius 1 is 0.345 bits per heavy atom. The largest absolute Gasteiger partial charge is 0.456 e. The van der Waals surface area contributed by atoms with Crippen LogP contribution in [0, 0.1) is 0 Å². The molecule has 0 saturated carbocycles. The second-order valence-electron chi connectivity index (χ2n) is 14.1. The molecule has 0 bridgehead atoms. The first-order chi connectivity index (χ1) is 27.2. The molecule has 0 fully saturated rings. The fourth-order valence-corrected chi connectivity index (χ4v) is 9.32. The Bertz CT molecular complexity index is 3220. The van der Waals surface area contributed by atoms with Gasteiger partial charge in [-0.3, -0.25) is 0 Å². The van der Waals surface area contributed by atoms with E-state index < -0.39 is 0 Å². The number of rotatable bonds is 6. The molecule has 0 saturated heterocycles. The lowest BCUT2D eigenvalue weighted by atomic mass is 9.95. The summed E-state index contributed by atoms with van der Waals surface area (Å²) >= 11 is 1.85. The zero-order valence-corrected chi connectivity index (χ0v) is 30.6. The van der Waals surface area contributed by atoms with Gasteiger partial charge in [-0.2, -0.15) is 0 Å². The Morgan fingerprint density at radius 3 is 1.73 bits per heavy atom. The summed E-state index contributed by atoms with van der Waals surface area (Å²) < 4.78 is 8.95. The summed E-state index contributed by atoms with van der Waals surface area (Å²) in [6.07, 6.45) is 0. The maximum atomic E-state index is 6.40. The van der Waals surface area contributed by atoms with Gasteiger partial charge in [-0.25, -0.2) is 0 Å². The molecule has 0 aliphatic heterocycles. The van der Waals surface area contributed by atoms with Crippen molar-refractivity contribution in [2.24, 2.45) is 0 Å². The molecule has 0 aliphatic rings. The van der Waals surface area contributed by atoms with Crippen LogP contribution in [0.25, 0.3) is 86.3 Å². The number of hydrogen-bond donors (Lipinski definition) is 0. The third-order valence-corrected chi connectivity index (χ3v) is 12.1. The van der Waals surface area contributed by atoms with E-state index in [4.69, 9.17) is 4.42 Å². The summed E-state index contributed by atoms with van der Waals surface area (Å²) in [6.45, 7) is 0. The number of hydrogen-bond acceptors (Lipinski definition) is 3. The molecule has 2 heterocycles.